The van der Waals surface area contributed by atoms with Crippen molar-refractivity contribution in [2.24, 2.45) is 0 Å². The van der Waals surface area contributed by atoms with Crippen molar-refractivity contribution in [2.75, 3.05) is 11.1 Å². The van der Waals surface area contributed by atoms with Crippen LogP contribution in [0.2, 0.25) is 10.0 Å². The van der Waals surface area contributed by atoms with E-state index >= 15 is 0 Å². The highest BCUT2D eigenvalue weighted by atomic mass is 35.5. The van der Waals surface area contributed by atoms with E-state index in [0.29, 0.717) is 20.6 Å². The number of nitrogens with one attached hydrogen (secondary N) is 1. The molecule has 0 aliphatic heterocycles. The van der Waals surface area contributed by atoms with E-state index in [4.69, 9.17) is 23.2 Å². The van der Waals surface area contributed by atoms with Gasteiger partial charge in [-0.3, -0.25) is 9.59 Å². The molecule has 0 aliphatic rings. The quantitative estimate of drug-likeness (QED) is 0.589. The largest absolute Gasteiger partial charge is 0.326 e. The molecule has 0 fully saturated rings. The van der Waals surface area contributed by atoms with Crippen LogP contribution in [0.5, 0.6) is 0 Å². The highest BCUT2D eigenvalue weighted by Crippen LogP contribution is 2.30. The molecule has 0 saturated carbocycles. The van der Waals surface area contributed by atoms with Crippen molar-refractivity contribution in [1.82, 2.24) is 0 Å². The Morgan fingerprint density at radius 3 is 2.57 bits per heavy atom. The Kier molecular flexibility index (Phi) is 6.04. The predicted octanol–water partition coefficient (Wildman–Crippen LogP) is 5.07. The molecular weight excluding hydrogens is 360 g/mol. The first-order valence-corrected chi connectivity index (χ1v) is 8.29. The lowest BCUT2D eigenvalue weighted by atomic mass is 10.1. The zero-order chi connectivity index (χ0) is 17.0. The molecule has 0 radical (unpaired) electrons. The summed E-state index contributed by atoms with van der Waals surface area (Å²) in [5.74, 6) is -1.34. The van der Waals surface area contributed by atoms with E-state index in [2.05, 4.69) is 5.32 Å². The number of hydrogen-bond acceptors (Lipinski definition) is 3. The first-order chi connectivity index (χ1) is 10.9. The Labute approximate surface area is 147 Å². The maximum absolute atomic E-state index is 14.0. The number of carbonyl (C=O) groups is 2. The zero-order valence-corrected chi connectivity index (χ0v) is 14.4. The second kappa shape index (κ2) is 7.81. The van der Waals surface area contributed by atoms with E-state index in [0.717, 1.165) is 6.07 Å². The van der Waals surface area contributed by atoms with Crippen LogP contribution < -0.4 is 5.32 Å². The third-order valence-corrected chi connectivity index (χ3v) is 4.57. The van der Waals surface area contributed by atoms with Gasteiger partial charge < -0.3 is 5.32 Å². The molecule has 2 aromatic rings. The van der Waals surface area contributed by atoms with Crippen molar-refractivity contribution >= 4 is 52.3 Å². The van der Waals surface area contributed by atoms with Crippen LogP contribution in [-0.2, 0) is 4.79 Å². The SMILES string of the molecule is CC(=O)Nc1ccc(C(=O)CSc2cc(Cl)ccc2Cl)c(F)c1. The fourth-order valence-electron chi connectivity index (χ4n) is 1.83. The number of thioether (sulfide) groups is 1. The fourth-order valence-corrected chi connectivity index (χ4v) is 3.21. The van der Waals surface area contributed by atoms with Gasteiger partial charge in [0.15, 0.2) is 5.78 Å². The number of rotatable bonds is 5. The van der Waals surface area contributed by atoms with Gasteiger partial charge in [0.2, 0.25) is 5.91 Å². The number of ketones is 1. The van der Waals surface area contributed by atoms with Crippen molar-refractivity contribution in [2.45, 2.75) is 11.8 Å². The Balaban J connectivity index is 2.08. The van der Waals surface area contributed by atoms with Crippen LogP contribution in [0.3, 0.4) is 0 Å². The minimum Gasteiger partial charge on any atom is -0.326 e. The number of amides is 1. The number of benzene rings is 2. The van der Waals surface area contributed by atoms with Crippen LogP contribution in [0.25, 0.3) is 0 Å². The molecular formula is C16H12Cl2FNO2S. The van der Waals surface area contributed by atoms with Crippen molar-refractivity contribution in [1.29, 1.82) is 0 Å². The standard InChI is InChI=1S/C16H12Cl2FNO2S/c1-9(21)20-11-3-4-12(14(19)7-11)15(22)8-23-16-6-10(17)2-5-13(16)18/h2-7H,8H2,1H3,(H,20,21). The molecule has 2 aromatic carbocycles. The molecule has 2 rings (SSSR count). The molecule has 0 bridgehead atoms. The molecule has 120 valence electrons. The van der Waals surface area contributed by atoms with Gasteiger partial charge in [-0.15, -0.1) is 11.8 Å². The summed E-state index contributed by atoms with van der Waals surface area (Å²) in [4.78, 5) is 23.7. The average Bonchev–Trinajstić information content (AvgIpc) is 2.47. The van der Waals surface area contributed by atoms with Crippen LogP contribution in [0.15, 0.2) is 41.3 Å². The van der Waals surface area contributed by atoms with Gasteiger partial charge in [0.1, 0.15) is 5.82 Å². The molecule has 1 N–H and O–H groups in total. The summed E-state index contributed by atoms with van der Waals surface area (Å²) >= 11 is 13.1. The highest BCUT2D eigenvalue weighted by molar-refractivity contribution is 8.00. The summed E-state index contributed by atoms with van der Waals surface area (Å²) in [5, 5.41) is 3.45. The zero-order valence-electron chi connectivity index (χ0n) is 12.0. The van der Waals surface area contributed by atoms with Gasteiger partial charge in [0.25, 0.3) is 0 Å². The van der Waals surface area contributed by atoms with Crippen molar-refractivity contribution in [3.8, 4) is 0 Å². The molecule has 1 amide bonds. The predicted molar refractivity (Wildman–Crippen MR) is 92.2 cm³/mol. The minimum atomic E-state index is -0.681. The van der Waals surface area contributed by atoms with Gasteiger partial charge in [-0.1, -0.05) is 23.2 Å². The Bertz CT molecular complexity index is 768. The number of Topliss-reactive ketones (excluding diaryl/α,β-unsaturated/α-hetero) is 1. The van der Waals surface area contributed by atoms with Gasteiger partial charge >= 0.3 is 0 Å². The molecule has 0 heterocycles. The molecule has 3 nitrogen and oxygen atoms in total. The van der Waals surface area contributed by atoms with E-state index in [1.54, 1.807) is 18.2 Å². The van der Waals surface area contributed by atoms with Gasteiger partial charge in [-0.05, 0) is 36.4 Å². The van der Waals surface area contributed by atoms with E-state index < -0.39 is 5.82 Å². The molecule has 7 heteroatoms. The molecule has 23 heavy (non-hydrogen) atoms. The van der Waals surface area contributed by atoms with Crippen LogP contribution in [0, 0.1) is 5.82 Å². The average molecular weight is 372 g/mol. The number of halogens is 3. The number of anilines is 1. The molecule has 0 unspecified atom stereocenters. The molecule has 0 aromatic heterocycles. The number of hydrogen-bond donors (Lipinski definition) is 1. The smallest absolute Gasteiger partial charge is 0.221 e. The lowest BCUT2D eigenvalue weighted by Gasteiger charge is -2.07. The van der Waals surface area contributed by atoms with Gasteiger partial charge in [-0.2, -0.15) is 0 Å². The first kappa shape index (κ1) is 17.8. The summed E-state index contributed by atoms with van der Waals surface area (Å²) < 4.78 is 14.0. The normalized spacial score (nSPS) is 10.4. The molecule has 0 saturated heterocycles. The maximum atomic E-state index is 14.0. The second-order valence-electron chi connectivity index (χ2n) is 4.66. The summed E-state index contributed by atoms with van der Waals surface area (Å²) in [6, 6.07) is 8.89. The first-order valence-electron chi connectivity index (χ1n) is 6.55. The van der Waals surface area contributed by atoms with Gasteiger partial charge in [0, 0.05) is 22.5 Å². The topological polar surface area (TPSA) is 46.2 Å². The Morgan fingerprint density at radius 1 is 1.17 bits per heavy atom. The number of carbonyl (C=O) groups excluding carboxylic acids is 2. The summed E-state index contributed by atoms with van der Waals surface area (Å²) in [6.07, 6.45) is 0. The minimum absolute atomic E-state index is 0.0243. The van der Waals surface area contributed by atoms with E-state index in [-0.39, 0.29) is 23.0 Å². The van der Waals surface area contributed by atoms with Crippen LogP contribution >= 0.6 is 35.0 Å². The van der Waals surface area contributed by atoms with Crippen molar-refractivity contribution in [3.05, 3.63) is 57.8 Å². The van der Waals surface area contributed by atoms with Crippen LogP contribution in [-0.4, -0.2) is 17.4 Å². The fraction of sp³-hybridized carbons (Fsp3) is 0.125. The van der Waals surface area contributed by atoms with E-state index in [1.165, 1.54) is 30.8 Å². The molecule has 0 spiro atoms. The Hall–Kier alpha value is -1.56. The summed E-state index contributed by atoms with van der Waals surface area (Å²) in [5.41, 5.74) is 0.266. The second-order valence-corrected chi connectivity index (χ2v) is 6.52. The molecule has 0 aliphatic carbocycles. The third-order valence-electron chi connectivity index (χ3n) is 2.84. The van der Waals surface area contributed by atoms with Gasteiger partial charge in [0.05, 0.1) is 16.3 Å². The highest BCUT2D eigenvalue weighted by Gasteiger charge is 2.14. The van der Waals surface area contributed by atoms with Crippen LogP contribution in [0.4, 0.5) is 10.1 Å². The lowest BCUT2D eigenvalue weighted by molar-refractivity contribution is -0.114. The molecule has 0 atom stereocenters. The summed E-state index contributed by atoms with van der Waals surface area (Å²) in [6.45, 7) is 1.32. The van der Waals surface area contributed by atoms with Crippen molar-refractivity contribution in [3.63, 3.8) is 0 Å². The monoisotopic (exact) mass is 371 g/mol. The van der Waals surface area contributed by atoms with Crippen molar-refractivity contribution < 1.29 is 14.0 Å². The maximum Gasteiger partial charge on any atom is 0.221 e. The van der Waals surface area contributed by atoms with E-state index in [9.17, 15) is 14.0 Å². The van der Waals surface area contributed by atoms with Gasteiger partial charge in [-0.25, -0.2) is 4.39 Å². The van der Waals surface area contributed by atoms with E-state index in [1.807, 2.05) is 0 Å². The third kappa shape index (κ3) is 4.96. The van der Waals surface area contributed by atoms with Crippen LogP contribution in [0.1, 0.15) is 17.3 Å². The summed E-state index contributed by atoms with van der Waals surface area (Å²) in [7, 11) is 0. The lowest BCUT2D eigenvalue weighted by Crippen LogP contribution is -2.09. The Morgan fingerprint density at radius 2 is 1.91 bits per heavy atom.